The molecule has 2 N–H and O–H groups in total. The van der Waals surface area contributed by atoms with Crippen molar-refractivity contribution in [2.24, 2.45) is 11.1 Å². The number of amides is 1. The second kappa shape index (κ2) is 11.2. The van der Waals surface area contributed by atoms with Gasteiger partial charge in [0.25, 0.3) is 5.24 Å². The summed E-state index contributed by atoms with van der Waals surface area (Å²) in [5, 5.41) is 23.1. The van der Waals surface area contributed by atoms with Crippen LogP contribution in [0.1, 0.15) is 52.4 Å². The van der Waals surface area contributed by atoms with Gasteiger partial charge in [0, 0.05) is 24.7 Å². The average molecular weight is 465 g/mol. The molecule has 0 aromatic rings. The van der Waals surface area contributed by atoms with Crippen molar-refractivity contribution < 1.29 is 29.4 Å². The fourth-order valence-corrected chi connectivity index (χ4v) is 5.33. The van der Waals surface area contributed by atoms with Crippen molar-refractivity contribution in [1.29, 1.82) is 0 Å². The molecule has 8 nitrogen and oxygen atoms in total. The number of thioether (sulfide) groups is 1. The number of esters is 1. The van der Waals surface area contributed by atoms with Crippen molar-refractivity contribution >= 4 is 29.3 Å². The Morgan fingerprint density at radius 1 is 1.28 bits per heavy atom. The van der Waals surface area contributed by atoms with E-state index in [1.165, 1.54) is 11.0 Å². The fourth-order valence-electron chi connectivity index (χ4n) is 4.29. The second-order valence-electron chi connectivity index (χ2n) is 8.71. The van der Waals surface area contributed by atoms with E-state index in [-0.39, 0.29) is 23.5 Å². The highest BCUT2D eigenvalue weighted by atomic mass is 32.2. The van der Waals surface area contributed by atoms with Crippen molar-refractivity contribution in [2.75, 3.05) is 5.75 Å². The van der Waals surface area contributed by atoms with Crippen molar-refractivity contribution in [2.45, 2.75) is 76.4 Å². The van der Waals surface area contributed by atoms with Crippen LogP contribution in [0.15, 0.2) is 41.1 Å². The summed E-state index contributed by atoms with van der Waals surface area (Å²) < 4.78 is 11.8. The van der Waals surface area contributed by atoms with Gasteiger partial charge >= 0.3 is 5.97 Å². The van der Waals surface area contributed by atoms with E-state index in [1.807, 2.05) is 19.1 Å². The van der Waals surface area contributed by atoms with E-state index >= 15 is 0 Å². The van der Waals surface area contributed by atoms with Gasteiger partial charge in [-0.05, 0) is 38.5 Å². The Bertz CT molecular complexity index is 810. The molecule has 0 spiro atoms. The number of carbonyl (C=O) groups excluding carboxylic acids is 2. The zero-order valence-corrected chi connectivity index (χ0v) is 19.4. The first kappa shape index (κ1) is 24.5. The summed E-state index contributed by atoms with van der Waals surface area (Å²) in [4.78, 5) is 25.9. The number of allylic oxidation sites excluding steroid dienone is 5. The zero-order chi connectivity index (χ0) is 23.1. The van der Waals surface area contributed by atoms with Gasteiger partial charge in [-0.2, -0.15) is 0 Å². The van der Waals surface area contributed by atoms with Crippen molar-refractivity contribution in [1.82, 2.24) is 4.90 Å². The Hall–Kier alpha value is -2.10. The summed E-state index contributed by atoms with van der Waals surface area (Å²) in [6, 6.07) is -0.745. The number of rotatable bonds is 2. The van der Waals surface area contributed by atoms with Crippen molar-refractivity contribution in [3.05, 3.63) is 36.0 Å². The van der Waals surface area contributed by atoms with Crippen LogP contribution < -0.4 is 0 Å². The normalized spacial score (nSPS) is 38.8. The molecule has 3 heterocycles. The van der Waals surface area contributed by atoms with E-state index in [1.54, 1.807) is 0 Å². The fraction of sp³-hybridized carbons (Fsp3) is 0.609. The molecule has 0 aliphatic carbocycles. The number of aliphatic hydroxyl groups is 1. The molecule has 0 aromatic heterocycles. The lowest BCUT2D eigenvalue weighted by Crippen LogP contribution is -2.59. The van der Waals surface area contributed by atoms with E-state index < -0.39 is 23.9 Å². The van der Waals surface area contributed by atoms with Crippen LogP contribution in [0.4, 0.5) is 4.79 Å². The molecule has 2 saturated heterocycles. The van der Waals surface area contributed by atoms with E-state index in [4.69, 9.17) is 14.7 Å². The highest BCUT2D eigenvalue weighted by Crippen LogP contribution is 2.40. The number of fused-ring (bicyclic) bond motifs is 2. The number of oxime groups is 1. The number of hydrogen-bond donors (Lipinski definition) is 2. The summed E-state index contributed by atoms with van der Waals surface area (Å²) in [6.45, 7) is 4.02. The third kappa shape index (κ3) is 6.46. The van der Waals surface area contributed by atoms with Gasteiger partial charge in [-0.15, -0.1) is 0 Å². The molecule has 0 unspecified atom stereocenters. The molecular formula is C23H32N2O6S. The Kier molecular flexibility index (Phi) is 8.56. The summed E-state index contributed by atoms with van der Waals surface area (Å²) in [6.07, 6.45) is 13.5. The molecule has 3 aliphatic heterocycles. The third-order valence-electron chi connectivity index (χ3n) is 6.01. The minimum absolute atomic E-state index is 0.0363. The van der Waals surface area contributed by atoms with Crippen LogP contribution >= 0.6 is 11.8 Å². The van der Waals surface area contributed by atoms with E-state index in [9.17, 15) is 14.7 Å². The monoisotopic (exact) mass is 464 g/mol. The third-order valence-corrected chi connectivity index (χ3v) is 6.95. The summed E-state index contributed by atoms with van der Waals surface area (Å²) in [7, 11) is 0. The summed E-state index contributed by atoms with van der Waals surface area (Å²) >= 11 is 1.02. The first-order valence-corrected chi connectivity index (χ1v) is 12.0. The lowest BCUT2D eigenvalue weighted by Gasteiger charge is -2.45. The Labute approximate surface area is 193 Å². The van der Waals surface area contributed by atoms with Crippen molar-refractivity contribution in [3.8, 4) is 0 Å². The average Bonchev–Trinajstić information content (AvgIpc) is 3.09. The van der Waals surface area contributed by atoms with E-state index in [0.29, 0.717) is 18.8 Å². The van der Waals surface area contributed by atoms with Crippen LogP contribution in [-0.2, 0) is 14.3 Å². The molecule has 5 atom stereocenters. The second-order valence-corrected chi connectivity index (χ2v) is 9.68. The Morgan fingerprint density at radius 3 is 2.88 bits per heavy atom. The predicted octanol–water partition coefficient (Wildman–Crippen LogP) is 3.99. The van der Waals surface area contributed by atoms with E-state index in [2.05, 4.69) is 24.2 Å². The first-order chi connectivity index (χ1) is 15.3. The molecule has 176 valence electrons. The summed E-state index contributed by atoms with van der Waals surface area (Å²) in [5.41, 5.74) is 0.922. The van der Waals surface area contributed by atoms with Gasteiger partial charge in [0.2, 0.25) is 0 Å². The molecule has 0 aromatic carbocycles. The molecule has 1 amide bonds. The lowest BCUT2D eigenvalue weighted by atomic mass is 9.90. The van der Waals surface area contributed by atoms with Gasteiger partial charge in [0.05, 0.1) is 6.10 Å². The van der Waals surface area contributed by atoms with Gasteiger partial charge in [0.15, 0.2) is 5.79 Å². The maximum atomic E-state index is 12.5. The summed E-state index contributed by atoms with van der Waals surface area (Å²) in [5.74, 6) is -1.57. The molecular weight excluding hydrogens is 432 g/mol. The molecule has 0 saturated carbocycles. The molecule has 32 heavy (non-hydrogen) atoms. The molecule has 0 radical (unpaired) electrons. The maximum Gasteiger partial charge on any atom is 0.330 e. The standard InChI is InChI=1S/C23H32N2O6S/c1-16-7-5-3-4-6-8-17(2)11-21(26)30-19-12-18(10-9-16)31-23(28,13-19)20-14-32-22(27)25(20)15-24-29/h3-5,7,11,15-16,18-20,28-29H,6,8-10,12-14H2,1-2H3/b4-3+,7-5-,17-11-,24-15+/t16-,18-,19-,20+,23-/m1/s1. The molecule has 3 rings (SSSR count). The maximum absolute atomic E-state index is 12.5. The zero-order valence-electron chi connectivity index (χ0n) is 18.6. The van der Waals surface area contributed by atoms with Gasteiger partial charge < -0.3 is 19.8 Å². The van der Waals surface area contributed by atoms with Gasteiger partial charge in [-0.3, -0.25) is 9.69 Å². The van der Waals surface area contributed by atoms with Gasteiger partial charge in [0.1, 0.15) is 18.5 Å². The van der Waals surface area contributed by atoms with Crippen LogP contribution in [-0.4, -0.2) is 62.6 Å². The predicted molar refractivity (Wildman–Crippen MR) is 122 cm³/mol. The highest BCUT2D eigenvalue weighted by molar-refractivity contribution is 8.14. The smallest absolute Gasteiger partial charge is 0.330 e. The Balaban J connectivity index is 1.84. The molecule has 9 heteroatoms. The lowest BCUT2D eigenvalue weighted by molar-refractivity contribution is -0.290. The van der Waals surface area contributed by atoms with E-state index in [0.717, 1.165) is 42.9 Å². The van der Waals surface area contributed by atoms with Gasteiger partial charge in [-0.1, -0.05) is 53.7 Å². The van der Waals surface area contributed by atoms with Crippen LogP contribution in [0.5, 0.6) is 0 Å². The van der Waals surface area contributed by atoms with Crippen LogP contribution in [0.25, 0.3) is 0 Å². The number of ether oxygens (including phenoxy) is 2. The van der Waals surface area contributed by atoms with Gasteiger partial charge in [-0.25, -0.2) is 4.79 Å². The number of carbonyl (C=O) groups is 2. The first-order valence-electron chi connectivity index (χ1n) is 11.0. The number of hydrogen-bond acceptors (Lipinski definition) is 8. The molecule has 2 fully saturated rings. The topological polar surface area (TPSA) is 109 Å². The molecule has 2 bridgehead atoms. The largest absolute Gasteiger partial charge is 0.459 e. The number of nitrogens with zero attached hydrogens (tertiary/aromatic N) is 2. The van der Waals surface area contributed by atoms with Crippen LogP contribution in [0, 0.1) is 5.92 Å². The van der Waals surface area contributed by atoms with Crippen LogP contribution in [0.3, 0.4) is 0 Å². The van der Waals surface area contributed by atoms with Crippen molar-refractivity contribution in [3.63, 3.8) is 0 Å². The Morgan fingerprint density at radius 2 is 2.09 bits per heavy atom. The van der Waals surface area contributed by atoms with Crippen LogP contribution in [0.2, 0.25) is 0 Å². The minimum Gasteiger partial charge on any atom is -0.459 e. The minimum atomic E-state index is -1.72. The quantitative estimate of drug-likeness (QED) is 0.209. The SMILES string of the molecule is C/C1=C/C(=O)O[C@@H]2C[C@@H](CC[C@H](C)/C=C\C=C\CC1)O[C@@](O)([C@@H]1CSC(=O)N1/C=N/O)C2. The highest BCUT2D eigenvalue weighted by Gasteiger charge is 2.52. The molecule has 3 aliphatic rings.